The molecule has 2 aromatic rings. The third-order valence-electron chi connectivity index (χ3n) is 3.87. The number of aromatic nitrogens is 2. The molecule has 3 rings (SSSR count). The number of fused-ring (bicyclic) bond motifs is 1. The van der Waals surface area contributed by atoms with Crippen molar-refractivity contribution in [1.82, 2.24) is 15.3 Å². The summed E-state index contributed by atoms with van der Waals surface area (Å²) in [6, 6.07) is 9.94. The number of carbonyl (C=O) groups is 1. The van der Waals surface area contributed by atoms with Gasteiger partial charge in [-0.1, -0.05) is 30.0 Å². The summed E-state index contributed by atoms with van der Waals surface area (Å²) in [5, 5.41) is 13.9. The van der Waals surface area contributed by atoms with Gasteiger partial charge in [0.25, 0.3) is 0 Å². The topological polar surface area (TPSA) is 78.7 Å². The number of nitriles is 1. The molecule has 1 aromatic heterocycles. The van der Waals surface area contributed by atoms with Crippen LogP contribution in [0.3, 0.4) is 0 Å². The molecule has 1 aliphatic carbocycles. The lowest BCUT2D eigenvalue weighted by Gasteiger charge is -2.22. The Kier molecular flexibility index (Phi) is 3.99. The summed E-state index contributed by atoms with van der Waals surface area (Å²) in [5.41, 5.74) is 0.117. The van der Waals surface area contributed by atoms with E-state index in [1.54, 1.807) is 6.92 Å². The van der Waals surface area contributed by atoms with E-state index in [1.165, 1.54) is 18.1 Å². The van der Waals surface area contributed by atoms with Gasteiger partial charge in [-0.2, -0.15) is 5.26 Å². The highest BCUT2D eigenvalue weighted by Gasteiger charge is 2.42. The summed E-state index contributed by atoms with van der Waals surface area (Å²) in [4.78, 5) is 20.6. The van der Waals surface area contributed by atoms with E-state index in [0.717, 1.165) is 28.8 Å². The van der Waals surface area contributed by atoms with Crippen LogP contribution in [0.25, 0.3) is 10.9 Å². The van der Waals surface area contributed by atoms with E-state index in [-0.39, 0.29) is 17.6 Å². The van der Waals surface area contributed by atoms with E-state index in [1.807, 2.05) is 24.3 Å². The molecule has 1 N–H and O–H groups in total. The van der Waals surface area contributed by atoms with E-state index in [2.05, 4.69) is 21.4 Å². The first kappa shape index (κ1) is 14.8. The van der Waals surface area contributed by atoms with Crippen molar-refractivity contribution in [3.8, 4) is 6.07 Å². The highest BCUT2D eigenvalue weighted by atomic mass is 32.2. The summed E-state index contributed by atoms with van der Waals surface area (Å²) in [6.07, 6.45) is 3.52. The molecule has 1 fully saturated rings. The average Bonchev–Trinajstić information content (AvgIpc) is 3.38. The number of benzene rings is 1. The molecule has 0 saturated heterocycles. The van der Waals surface area contributed by atoms with Crippen LogP contribution >= 0.6 is 11.8 Å². The first-order valence-electron chi connectivity index (χ1n) is 7.17. The van der Waals surface area contributed by atoms with E-state index < -0.39 is 5.54 Å². The zero-order valence-electron chi connectivity index (χ0n) is 12.2. The van der Waals surface area contributed by atoms with Gasteiger partial charge in [-0.25, -0.2) is 9.97 Å². The molecular weight excluding hydrogens is 296 g/mol. The van der Waals surface area contributed by atoms with Crippen molar-refractivity contribution in [2.75, 3.05) is 5.75 Å². The molecule has 0 aliphatic heterocycles. The number of nitrogens with one attached hydrogen (secondary N) is 1. The smallest absolute Gasteiger partial charge is 0.231 e. The van der Waals surface area contributed by atoms with Crippen LogP contribution in [0.4, 0.5) is 0 Å². The SMILES string of the molecule is C[C@@](C#N)(NC(=O)CSc1ncnc2ccccc12)C1CC1. The van der Waals surface area contributed by atoms with Crippen LogP contribution in [0.2, 0.25) is 0 Å². The summed E-state index contributed by atoms with van der Waals surface area (Å²) >= 11 is 1.37. The zero-order valence-corrected chi connectivity index (χ0v) is 13.1. The maximum Gasteiger partial charge on any atom is 0.231 e. The van der Waals surface area contributed by atoms with Crippen LogP contribution in [0.1, 0.15) is 19.8 Å². The van der Waals surface area contributed by atoms with Gasteiger partial charge in [-0.15, -0.1) is 0 Å². The number of hydrogen-bond donors (Lipinski definition) is 1. The Labute approximate surface area is 133 Å². The predicted octanol–water partition coefficient (Wildman–Crippen LogP) is 2.53. The van der Waals surface area contributed by atoms with Crippen molar-refractivity contribution >= 4 is 28.6 Å². The van der Waals surface area contributed by atoms with Gasteiger partial charge in [0, 0.05) is 5.39 Å². The summed E-state index contributed by atoms with van der Waals surface area (Å²) in [6.45, 7) is 1.80. The summed E-state index contributed by atoms with van der Waals surface area (Å²) < 4.78 is 0. The van der Waals surface area contributed by atoms with Gasteiger partial charge in [-0.05, 0) is 31.7 Å². The van der Waals surface area contributed by atoms with Crippen molar-refractivity contribution in [3.05, 3.63) is 30.6 Å². The number of amides is 1. The molecule has 6 heteroatoms. The van der Waals surface area contributed by atoms with Crippen LogP contribution in [0, 0.1) is 17.2 Å². The largest absolute Gasteiger partial charge is 0.337 e. The van der Waals surface area contributed by atoms with Gasteiger partial charge < -0.3 is 5.32 Å². The quantitative estimate of drug-likeness (QED) is 0.678. The zero-order chi connectivity index (χ0) is 15.6. The molecule has 1 amide bonds. The Morgan fingerprint density at radius 3 is 2.95 bits per heavy atom. The van der Waals surface area contributed by atoms with E-state index in [0.29, 0.717) is 0 Å². The predicted molar refractivity (Wildman–Crippen MR) is 85.1 cm³/mol. The maximum atomic E-state index is 12.1. The maximum absolute atomic E-state index is 12.1. The molecule has 1 aromatic carbocycles. The van der Waals surface area contributed by atoms with Gasteiger partial charge in [-0.3, -0.25) is 4.79 Å². The van der Waals surface area contributed by atoms with E-state index in [9.17, 15) is 10.1 Å². The fourth-order valence-corrected chi connectivity index (χ4v) is 3.23. The van der Waals surface area contributed by atoms with Crippen molar-refractivity contribution in [2.24, 2.45) is 5.92 Å². The lowest BCUT2D eigenvalue weighted by molar-refractivity contribution is -0.119. The molecule has 0 bridgehead atoms. The Balaban J connectivity index is 1.67. The van der Waals surface area contributed by atoms with Crippen LogP contribution in [-0.4, -0.2) is 27.2 Å². The Hall–Kier alpha value is -2.13. The highest BCUT2D eigenvalue weighted by Crippen LogP contribution is 2.39. The monoisotopic (exact) mass is 312 g/mol. The second-order valence-corrected chi connectivity index (χ2v) is 6.59. The number of para-hydroxylation sites is 1. The highest BCUT2D eigenvalue weighted by molar-refractivity contribution is 8.00. The van der Waals surface area contributed by atoms with Gasteiger partial charge in [0.2, 0.25) is 5.91 Å². The van der Waals surface area contributed by atoms with Gasteiger partial charge in [0.1, 0.15) is 16.9 Å². The van der Waals surface area contributed by atoms with E-state index in [4.69, 9.17) is 0 Å². The third-order valence-corrected chi connectivity index (χ3v) is 4.88. The molecule has 112 valence electrons. The van der Waals surface area contributed by atoms with Crippen molar-refractivity contribution in [1.29, 1.82) is 5.26 Å². The van der Waals surface area contributed by atoms with E-state index >= 15 is 0 Å². The molecule has 0 spiro atoms. The van der Waals surface area contributed by atoms with Crippen LogP contribution in [0.5, 0.6) is 0 Å². The Bertz CT molecular complexity index is 748. The first-order chi connectivity index (χ1) is 10.6. The minimum Gasteiger partial charge on any atom is -0.337 e. The minimum atomic E-state index is -0.745. The molecule has 5 nitrogen and oxygen atoms in total. The normalized spacial score (nSPS) is 16.7. The minimum absolute atomic E-state index is 0.136. The lowest BCUT2D eigenvalue weighted by atomic mass is 9.98. The molecule has 22 heavy (non-hydrogen) atoms. The Morgan fingerprint density at radius 1 is 1.45 bits per heavy atom. The molecule has 1 saturated carbocycles. The van der Waals surface area contributed by atoms with Crippen LogP contribution < -0.4 is 5.32 Å². The third kappa shape index (κ3) is 3.04. The second-order valence-electron chi connectivity index (χ2n) is 5.62. The Morgan fingerprint density at radius 2 is 2.23 bits per heavy atom. The molecule has 1 heterocycles. The molecule has 1 aliphatic rings. The number of rotatable bonds is 5. The lowest BCUT2D eigenvalue weighted by Crippen LogP contribution is -2.47. The van der Waals surface area contributed by atoms with Crippen LogP contribution in [0.15, 0.2) is 35.6 Å². The van der Waals surface area contributed by atoms with Gasteiger partial charge in [0.05, 0.1) is 17.3 Å². The molecule has 0 radical (unpaired) electrons. The number of thioether (sulfide) groups is 1. The molecule has 1 atom stereocenters. The number of carbonyl (C=O) groups excluding carboxylic acids is 1. The fourth-order valence-electron chi connectivity index (χ4n) is 2.44. The summed E-state index contributed by atoms with van der Waals surface area (Å²) in [5.74, 6) is 0.389. The fraction of sp³-hybridized carbons (Fsp3) is 0.375. The summed E-state index contributed by atoms with van der Waals surface area (Å²) in [7, 11) is 0. The number of hydrogen-bond acceptors (Lipinski definition) is 5. The second kappa shape index (κ2) is 5.93. The first-order valence-corrected chi connectivity index (χ1v) is 8.16. The van der Waals surface area contributed by atoms with Gasteiger partial charge in [0.15, 0.2) is 0 Å². The molecule has 0 unspecified atom stereocenters. The van der Waals surface area contributed by atoms with Crippen molar-refractivity contribution in [3.63, 3.8) is 0 Å². The average molecular weight is 312 g/mol. The van der Waals surface area contributed by atoms with Gasteiger partial charge >= 0.3 is 0 Å². The number of nitrogens with zero attached hydrogens (tertiary/aromatic N) is 3. The molecular formula is C16H16N4OS. The standard InChI is InChI=1S/C16H16N4OS/c1-16(9-17,11-6-7-11)20-14(21)8-22-15-12-4-2-3-5-13(12)18-10-19-15/h2-5,10-11H,6-8H2,1H3,(H,20,21)/t16-/m0/s1. The van der Waals surface area contributed by atoms with Crippen molar-refractivity contribution < 1.29 is 4.79 Å². The van der Waals surface area contributed by atoms with Crippen LogP contribution in [-0.2, 0) is 4.79 Å². The van der Waals surface area contributed by atoms with Crippen molar-refractivity contribution in [2.45, 2.75) is 30.3 Å².